The normalized spacial score (nSPS) is 19.7. The van der Waals surface area contributed by atoms with Crippen molar-refractivity contribution in [2.45, 2.75) is 38.9 Å². The van der Waals surface area contributed by atoms with Crippen LogP contribution < -0.4 is 10.9 Å². The molecule has 2 unspecified atom stereocenters. The van der Waals surface area contributed by atoms with Gasteiger partial charge in [0.1, 0.15) is 11.3 Å². The molecule has 0 fully saturated rings. The average molecular weight is 364 g/mol. The number of carbonyl (C=O) groups excluding carboxylic acids is 1. The fraction of sp³-hybridized carbons (Fsp3) is 0.368. The number of amides is 1. The summed E-state index contributed by atoms with van der Waals surface area (Å²) in [6.07, 6.45) is -2.88. The van der Waals surface area contributed by atoms with Crippen LogP contribution in [0.2, 0.25) is 0 Å². The Hall–Kier alpha value is -2.57. The average Bonchev–Trinajstić information content (AvgIpc) is 2.56. The highest BCUT2D eigenvalue weighted by molar-refractivity contribution is 5.94. The van der Waals surface area contributed by atoms with Crippen LogP contribution in [0.1, 0.15) is 52.1 Å². The van der Waals surface area contributed by atoms with Gasteiger partial charge in [-0.25, -0.2) is 0 Å². The lowest BCUT2D eigenvalue weighted by molar-refractivity contribution is -0.141. The van der Waals surface area contributed by atoms with Gasteiger partial charge < -0.3 is 10.3 Å². The molecule has 0 saturated carbocycles. The van der Waals surface area contributed by atoms with Crippen molar-refractivity contribution >= 4 is 5.91 Å². The minimum Gasteiger partial charge on any atom is -0.345 e. The van der Waals surface area contributed by atoms with E-state index in [1.165, 1.54) is 0 Å². The molecule has 1 heterocycles. The molecule has 2 aromatic rings. The van der Waals surface area contributed by atoms with E-state index in [0.29, 0.717) is 6.07 Å². The summed E-state index contributed by atoms with van der Waals surface area (Å²) in [6, 6.07) is 7.33. The van der Waals surface area contributed by atoms with Gasteiger partial charge in [0.05, 0.1) is 6.04 Å². The summed E-state index contributed by atoms with van der Waals surface area (Å²) in [4.78, 5) is 26.2. The van der Waals surface area contributed by atoms with Crippen LogP contribution in [0.25, 0.3) is 0 Å². The van der Waals surface area contributed by atoms with E-state index in [-0.39, 0.29) is 17.5 Å². The molecule has 0 aliphatic heterocycles. The predicted molar refractivity (Wildman–Crippen MR) is 90.9 cm³/mol. The third-order valence-corrected chi connectivity index (χ3v) is 4.82. The van der Waals surface area contributed by atoms with E-state index in [0.717, 1.165) is 35.6 Å². The molecule has 1 aromatic carbocycles. The molecule has 3 rings (SSSR count). The lowest BCUT2D eigenvalue weighted by Crippen LogP contribution is -2.38. The Labute approximate surface area is 148 Å². The first-order chi connectivity index (χ1) is 12.2. The van der Waals surface area contributed by atoms with Crippen LogP contribution in [0.5, 0.6) is 0 Å². The molecule has 0 bridgehead atoms. The molecule has 2 atom stereocenters. The molecular formula is C19H19F3N2O2. The van der Waals surface area contributed by atoms with Gasteiger partial charge in [-0.1, -0.05) is 30.7 Å². The van der Waals surface area contributed by atoms with Crippen molar-refractivity contribution in [2.24, 2.45) is 5.92 Å². The number of carbonyl (C=O) groups is 1. The monoisotopic (exact) mass is 364 g/mol. The predicted octanol–water partition coefficient (Wildman–Crippen LogP) is 3.76. The van der Waals surface area contributed by atoms with E-state index >= 15 is 0 Å². The maximum Gasteiger partial charge on any atom is 0.431 e. The molecule has 0 spiro atoms. The minimum atomic E-state index is -4.66. The number of benzene rings is 1. The molecule has 26 heavy (non-hydrogen) atoms. The fourth-order valence-corrected chi connectivity index (χ4v) is 3.37. The highest BCUT2D eigenvalue weighted by Crippen LogP contribution is 2.35. The molecule has 1 aliphatic rings. The molecule has 1 amide bonds. The van der Waals surface area contributed by atoms with Gasteiger partial charge in [0.25, 0.3) is 11.5 Å². The molecule has 4 nitrogen and oxygen atoms in total. The molecule has 1 aliphatic carbocycles. The van der Waals surface area contributed by atoms with Crippen molar-refractivity contribution < 1.29 is 18.0 Å². The van der Waals surface area contributed by atoms with E-state index in [9.17, 15) is 22.8 Å². The first kappa shape index (κ1) is 18.2. The quantitative estimate of drug-likeness (QED) is 0.852. The second-order valence-corrected chi connectivity index (χ2v) is 6.78. The van der Waals surface area contributed by atoms with E-state index in [4.69, 9.17) is 0 Å². The highest BCUT2D eigenvalue weighted by atomic mass is 19.4. The summed E-state index contributed by atoms with van der Waals surface area (Å²) < 4.78 is 38.0. The summed E-state index contributed by atoms with van der Waals surface area (Å²) in [5, 5.41) is 2.82. The number of alkyl halides is 3. The fourth-order valence-electron chi connectivity index (χ4n) is 3.37. The van der Waals surface area contributed by atoms with E-state index < -0.39 is 23.3 Å². The van der Waals surface area contributed by atoms with Gasteiger partial charge in [-0.15, -0.1) is 0 Å². The summed E-state index contributed by atoms with van der Waals surface area (Å²) in [5.41, 5.74) is 0.712. The van der Waals surface area contributed by atoms with E-state index in [1.54, 1.807) is 4.98 Å². The molecule has 0 saturated heterocycles. The number of aromatic nitrogens is 1. The lowest BCUT2D eigenvalue weighted by Gasteiger charge is -2.32. The number of H-pyrrole nitrogens is 1. The maximum atomic E-state index is 12.7. The third kappa shape index (κ3) is 3.52. The second kappa shape index (κ2) is 6.63. The SMILES string of the molecule is Cc1ccc2c(c1)CCC(C)C2NC(=O)c1ccc(C(F)(F)F)[nH]c1=O. The number of hydrogen-bond acceptors (Lipinski definition) is 2. The summed E-state index contributed by atoms with van der Waals surface area (Å²) in [7, 11) is 0. The Morgan fingerprint density at radius 3 is 2.62 bits per heavy atom. The standard InChI is InChI=1S/C19H19F3N2O2/c1-10-3-6-13-12(9-10)5-4-11(2)16(13)24-18(26)14-7-8-15(19(20,21)22)23-17(14)25/h3,6-9,11,16H,4-5H2,1-2H3,(H,23,25)(H,24,26). The van der Waals surface area contributed by atoms with Crippen LogP contribution in [-0.2, 0) is 12.6 Å². The Kier molecular flexibility index (Phi) is 4.64. The van der Waals surface area contributed by atoms with Gasteiger partial charge in [0, 0.05) is 0 Å². The van der Waals surface area contributed by atoms with E-state index in [1.807, 2.05) is 26.0 Å². The van der Waals surface area contributed by atoms with Crippen molar-refractivity contribution in [2.75, 3.05) is 0 Å². The largest absolute Gasteiger partial charge is 0.431 e. The summed E-state index contributed by atoms with van der Waals surface area (Å²) in [6.45, 7) is 4.00. The van der Waals surface area contributed by atoms with Gasteiger partial charge in [-0.3, -0.25) is 9.59 Å². The maximum absolute atomic E-state index is 12.7. The Morgan fingerprint density at radius 2 is 1.96 bits per heavy atom. The summed E-state index contributed by atoms with van der Waals surface area (Å²) >= 11 is 0. The molecular weight excluding hydrogens is 345 g/mol. The number of aryl methyl sites for hydroxylation is 2. The topological polar surface area (TPSA) is 62.0 Å². The minimum absolute atomic E-state index is 0.155. The van der Waals surface area contributed by atoms with Crippen molar-refractivity contribution in [1.29, 1.82) is 0 Å². The second-order valence-electron chi connectivity index (χ2n) is 6.78. The van der Waals surface area contributed by atoms with Crippen LogP contribution in [0.15, 0.2) is 35.1 Å². The van der Waals surface area contributed by atoms with Gasteiger partial charge in [-0.2, -0.15) is 13.2 Å². The van der Waals surface area contributed by atoms with Crippen LogP contribution in [0.4, 0.5) is 13.2 Å². The van der Waals surface area contributed by atoms with Gasteiger partial charge in [-0.05, 0) is 48.9 Å². The zero-order valence-electron chi connectivity index (χ0n) is 14.4. The zero-order chi connectivity index (χ0) is 19.1. The highest BCUT2D eigenvalue weighted by Gasteiger charge is 2.33. The molecule has 1 aromatic heterocycles. The van der Waals surface area contributed by atoms with Gasteiger partial charge in [0.15, 0.2) is 0 Å². The number of pyridine rings is 1. The molecule has 0 radical (unpaired) electrons. The molecule has 7 heteroatoms. The number of hydrogen-bond donors (Lipinski definition) is 2. The molecule has 2 N–H and O–H groups in total. The lowest BCUT2D eigenvalue weighted by atomic mass is 9.80. The van der Waals surface area contributed by atoms with Crippen molar-refractivity contribution in [3.05, 3.63) is 68.6 Å². The van der Waals surface area contributed by atoms with Crippen LogP contribution in [-0.4, -0.2) is 10.9 Å². The number of halogens is 3. The van der Waals surface area contributed by atoms with Crippen LogP contribution in [0, 0.1) is 12.8 Å². The van der Waals surface area contributed by atoms with Gasteiger partial charge >= 0.3 is 6.18 Å². The number of nitrogens with one attached hydrogen (secondary N) is 2. The van der Waals surface area contributed by atoms with Crippen molar-refractivity contribution in [3.8, 4) is 0 Å². The number of rotatable bonds is 2. The zero-order valence-corrected chi connectivity index (χ0v) is 14.4. The van der Waals surface area contributed by atoms with Crippen molar-refractivity contribution in [3.63, 3.8) is 0 Å². The molecule has 138 valence electrons. The first-order valence-corrected chi connectivity index (χ1v) is 8.37. The van der Waals surface area contributed by atoms with Gasteiger partial charge in [0.2, 0.25) is 0 Å². The van der Waals surface area contributed by atoms with E-state index in [2.05, 4.69) is 11.4 Å². The smallest absolute Gasteiger partial charge is 0.345 e. The van der Waals surface area contributed by atoms with Crippen LogP contribution >= 0.6 is 0 Å². The van der Waals surface area contributed by atoms with Crippen molar-refractivity contribution in [1.82, 2.24) is 10.3 Å². The Bertz CT molecular complexity index is 902. The number of aromatic amines is 1. The Balaban J connectivity index is 1.88. The third-order valence-electron chi connectivity index (χ3n) is 4.82. The van der Waals surface area contributed by atoms with Crippen LogP contribution in [0.3, 0.4) is 0 Å². The first-order valence-electron chi connectivity index (χ1n) is 8.37. The number of fused-ring (bicyclic) bond motifs is 1. The Morgan fingerprint density at radius 1 is 1.23 bits per heavy atom. The summed E-state index contributed by atoms with van der Waals surface area (Å²) in [5.74, 6) is -0.520.